The van der Waals surface area contributed by atoms with Crippen molar-refractivity contribution in [2.45, 2.75) is 44.6 Å². The van der Waals surface area contributed by atoms with Gasteiger partial charge in [-0.05, 0) is 42.3 Å². The second-order valence-electron chi connectivity index (χ2n) is 5.66. The molecule has 104 valence electrons. The zero-order valence-corrected chi connectivity index (χ0v) is 12.1. The Kier molecular flexibility index (Phi) is 4.59. The van der Waals surface area contributed by atoms with Crippen molar-refractivity contribution in [1.82, 2.24) is 10.6 Å². The van der Waals surface area contributed by atoms with Crippen LogP contribution in [0.1, 0.15) is 49.7 Å². The van der Waals surface area contributed by atoms with Gasteiger partial charge >= 0.3 is 0 Å². The van der Waals surface area contributed by atoms with Gasteiger partial charge in [0.1, 0.15) is 0 Å². The Bertz CT molecular complexity index is 425. The molecule has 1 aliphatic rings. The highest BCUT2D eigenvalue weighted by Crippen LogP contribution is 2.28. The molecule has 3 heteroatoms. The molecule has 2 N–H and O–H groups in total. The van der Waals surface area contributed by atoms with Crippen molar-refractivity contribution in [2.24, 2.45) is 0 Å². The quantitative estimate of drug-likeness (QED) is 0.876. The van der Waals surface area contributed by atoms with Gasteiger partial charge in [-0.25, -0.2) is 0 Å². The Balaban J connectivity index is 2.06. The number of amides is 1. The Morgan fingerprint density at radius 2 is 2.00 bits per heavy atom. The number of piperidine rings is 1. The van der Waals surface area contributed by atoms with Gasteiger partial charge in [-0.3, -0.25) is 4.79 Å². The fourth-order valence-electron chi connectivity index (χ4n) is 2.75. The molecule has 1 heterocycles. The van der Waals surface area contributed by atoms with Gasteiger partial charge in [0, 0.05) is 7.05 Å². The first-order valence-electron chi connectivity index (χ1n) is 7.16. The zero-order valence-electron chi connectivity index (χ0n) is 12.1. The average Bonchev–Trinajstić information content (AvgIpc) is 2.46. The third-order valence-electron chi connectivity index (χ3n) is 4.04. The van der Waals surface area contributed by atoms with Crippen molar-refractivity contribution in [2.75, 3.05) is 13.6 Å². The zero-order chi connectivity index (χ0) is 13.8. The van der Waals surface area contributed by atoms with E-state index in [9.17, 15) is 4.79 Å². The maximum Gasteiger partial charge on any atom is 0.236 e. The van der Waals surface area contributed by atoms with Crippen molar-refractivity contribution in [3.8, 4) is 0 Å². The van der Waals surface area contributed by atoms with Crippen LogP contribution in [0.25, 0.3) is 0 Å². The molecule has 1 aromatic carbocycles. The van der Waals surface area contributed by atoms with Crippen molar-refractivity contribution >= 4 is 5.91 Å². The Labute approximate surface area is 115 Å². The molecule has 1 fully saturated rings. The number of carbonyl (C=O) groups excluding carboxylic acids is 1. The highest BCUT2D eigenvalue weighted by atomic mass is 16.2. The molecule has 0 aliphatic carbocycles. The summed E-state index contributed by atoms with van der Waals surface area (Å²) in [6, 6.07) is 8.85. The third kappa shape index (κ3) is 3.35. The summed E-state index contributed by atoms with van der Waals surface area (Å²) >= 11 is 0. The van der Waals surface area contributed by atoms with Crippen LogP contribution in [0, 0.1) is 0 Å². The van der Waals surface area contributed by atoms with Gasteiger partial charge in [-0.2, -0.15) is 0 Å². The van der Waals surface area contributed by atoms with Gasteiger partial charge < -0.3 is 10.6 Å². The molecule has 2 atom stereocenters. The normalized spacial score (nSPS) is 23.4. The van der Waals surface area contributed by atoms with Gasteiger partial charge in [0.25, 0.3) is 0 Å². The summed E-state index contributed by atoms with van der Waals surface area (Å²) in [4.78, 5) is 11.7. The van der Waals surface area contributed by atoms with Crippen LogP contribution < -0.4 is 10.6 Å². The lowest BCUT2D eigenvalue weighted by Gasteiger charge is -2.29. The van der Waals surface area contributed by atoms with Crippen LogP contribution in [0.3, 0.4) is 0 Å². The largest absolute Gasteiger partial charge is 0.358 e. The minimum absolute atomic E-state index is 0.0477. The summed E-state index contributed by atoms with van der Waals surface area (Å²) in [5, 5.41) is 6.02. The first-order valence-corrected chi connectivity index (χ1v) is 7.16. The number of likely N-dealkylation sites (N-methyl/N-ethyl adjacent to an activating group) is 1. The predicted molar refractivity (Wildman–Crippen MR) is 78.4 cm³/mol. The van der Waals surface area contributed by atoms with Crippen LogP contribution in [-0.4, -0.2) is 25.5 Å². The molecule has 0 spiro atoms. The van der Waals surface area contributed by atoms with Crippen molar-refractivity contribution in [1.29, 1.82) is 0 Å². The van der Waals surface area contributed by atoms with Gasteiger partial charge in [0.2, 0.25) is 5.91 Å². The molecule has 0 saturated carbocycles. The number of carbonyl (C=O) groups is 1. The summed E-state index contributed by atoms with van der Waals surface area (Å²) in [5.41, 5.74) is 2.74. The van der Waals surface area contributed by atoms with Crippen LogP contribution in [0.2, 0.25) is 0 Å². The van der Waals surface area contributed by atoms with Crippen molar-refractivity contribution < 1.29 is 4.79 Å². The van der Waals surface area contributed by atoms with E-state index in [2.05, 4.69) is 48.7 Å². The van der Waals surface area contributed by atoms with E-state index in [1.54, 1.807) is 7.05 Å². The summed E-state index contributed by atoms with van der Waals surface area (Å²) in [5.74, 6) is 1.16. The van der Waals surface area contributed by atoms with E-state index in [-0.39, 0.29) is 11.9 Å². The minimum Gasteiger partial charge on any atom is -0.358 e. The lowest BCUT2D eigenvalue weighted by molar-refractivity contribution is -0.123. The molecular formula is C16H24N2O. The predicted octanol–water partition coefficient (Wildman–Crippen LogP) is 2.39. The standard InChI is InChI=1S/C16H24N2O/c1-11(2)12-4-6-13(7-5-12)14-8-9-18-15(10-14)16(19)17-3/h4-7,11,14-15,18H,8-10H2,1-3H3,(H,17,19). The lowest BCUT2D eigenvalue weighted by Crippen LogP contribution is -2.47. The first-order chi connectivity index (χ1) is 9.11. The van der Waals surface area contributed by atoms with Crippen LogP contribution in [0.4, 0.5) is 0 Å². The Hall–Kier alpha value is -1.35. The second kappa shape index (κ2) is 6.20. The Morgan fingerprint density at radius 3 is 2.58 bits per heavy atom. The maximum absolute atomic E-state index is 11.7. The summed E-state index contributed by atoms with van der Waals surface area (Å²) in [6.45, 7) is 5.33. The van der Waals surface area contributed by atoms with Gasteiger partial charge in [-0.1, -0.05) is 38.1 Å². The van der Waals surface area contributed by atoms with Crippen molar-refractivity contribution in [3.63, 3.8) is 0 Å². The molecule has 0 radical (unpaired) electrons. The second-order valence-corrected chi connectivity index (χ2v) is 5.66. The van der Waals surface area contributed by atoms with E-state index in [0.717, 1.165) is 19.4 Å². The minimum atomic E-state index is -0.0477. The number of hydrogen-bond acceptors (Lipinski definition) is 2. The highest BCUT2D eigenvalue weighted by molar-refractivity contribution is 5.81. The van der Waals surface area contributed by atoms with E-state index < -0.39 is 0 Å². The van der Waals surface area contributed by atoms with E-state index in [1.165, 1.54) is 11.1 Å². The molecule has 2 unspecified atom stereocenters. The molecule has 1 aliphatic heterocycles. The fraction of sp³-hybridized carbons (Fsp3) is 0.562. The molecular weight excluding hydrogens is 236 g/mol. The van der Waals surface area contributed by atoms with Gasteiger partial charge in [0.05, 0.1) is 6.04 Å². The van der Waals surface area contributed by atoms with E-state index in [0.29, 0.717) is 11.8 Å². The Morgan fingerprint density at radius 1 is 1.32 bits per heavy atom. The van der Waals surface area contributed by atoms with Crippen LogP contribution in [-0.2, 0) is 4.79 Å². The molecule has 19 heavy (non-hydrogen) atoms. The lowest BCUT2D eigenvalue weighted by atomic mass is 9.85. The average molecular weight is 260 g/mol. The van der Waals surface area contributed by atoms with Crippen LogP contribution in [0.5, 0.6) is 0 Å². The van der Waals surface area contributed by atoms with Gasteiger partial charge in [0.15, 0.2) is 0 Å². The number of benzene rings is 1. The molecule has 1 amide bonds. The molecule has 3 nitrogen and oxygen atoms in total. The fourth-order valence-corrected chi connectivity index (χ4v) is 2.75. The summed E-state index contributed by atoms with van der Waals surface area (Å²) in [7, 11) is 1.70. The van der Waals surface area contributed by atoms with E-state index in [4.69, 9.17) is 0 Å². The summed E-state index contributed by atoms with van der Waals surface area (Å²) in [6.07, 6.45) is 2.00. The van der Waals surface area contributed by atoms with E-state index >= 15 is 0 Å². The smallest absolute Gasteiger partial charge is 0.236 e. The maximum atomic E-state index is 11.7. The molecule has 0 bridgehead atoms. The SMILES string of the molecule is CNC(=O)C1CC(c2ccc(C(C)C)cc2)CCN1. The van der Waals surface area contributed by atoms with Crippen LogP contribution >= 0.6 is 0 Å². The number of rotatable bonds is 3. The van der Waals surface area contributed by atoms with E-state index in [1.807, 2.05) is 0 Å². The molecule has 1 aromatic rings. The third-order valence-corrected chi connectivity index (χ3v) is 4.04. The van der Waals surface area contributed by atoms with Crippen molar-refractivity contribution in [3.05, 3.63) is 35.4 Å². The molecule has 2 rings (SSSR count). The number of nitrogens with one attached hydrogen (secondary N) is 2. The highest BCUT2D eigenvalue weighted by Gasteiger charge is 2.26. The first kappa shape index (κ1) is 14.1. The van der Waals surface area contributed by atoms with Gasteiger partial charge in [-0.15, -0.1) is 0 Å². The topological polar surface area (TPSA) is 41.1 Å². The van der Waals surface area contributed by atoms with Crippen LogP contribution in [0.15, 0.2) is 24.3 Å². The monoisotopic (exact) mass is 260 g/mol. The summed E-state index contributed by atoms with van der Waals surface area (Å²) < 4.78 is 0. The molecule has 1 saturated heterocycles. The molecule has 0 aromatic heterocycles. The number of hydrogen-bond donors (Lipinski definition) is 2.